The largest absolute Gasteiger partial charge is 0.459 e. The number of hydrogen-bond acceptors (Lipinski definition) is 5. The van der Waals surface area contributed by atoms with E-state index in [4.69, 9.17) is 4.74 Å². The van der Waals surface area contributed by atoms with E-state index in [0.29, 0.717) is 0 Å². The van der Waals surface area contributed by atoms with Gasteiger partial charge in [-0.25, -0.2) is 0 Å². The number of ether oxygens (including phenoxy) is 1. The summed E-state index contributed by atoms with van der Waals surface area (Å²) in [5.41, 5.74) is -0.975. The molecule has 3 aliphatic carbocycles. The van der Waals surface area contributed by atoms with Crippen LogP contribution in [0.1, 0.15) is 34.1 Å². The summed E-state index contributed by atoms with van der Waals surface area (Å²) >= 11 is 0. The highest BCUT2D eigenvalue weighted by molar-refractivity contribution is 6.03. The molecule has 0 amide bonds. The summed E-state index contributed by atoms with van der Waals surface area (Å²) in [5, 5.41) is 11.0. The Hall–Kier alpha value is -1.49. The van der Waals surface area contributed by atoms with Crippen LogP contribution >= 0.6 is 0 Å². The van der Waals surface area contributed by atoms with Crippen molar-refractivity contribution in [3.63, 3.8) is 0 Å². The fourth-order valence-corrected chi connectivity index (χ4v) is 6.21. The van der Waals surface area contributed by atoms with Crippen LogP contribution in [0.25, 0.3) is 0 Å². The predicted molar refractivity (Wildman–Crippen MR) is 80.1 cm³/mol. The van der Waals surface area contributed by atoms with Crippen LogP contribution < -0.4 is 0 Å². The molecule has 1 saturated heterocycles. The van der Waals surface area contributed by atoms with Crippen LogP contribution in [0.4, 0.5) is 0 Å². The van der Waals surface area contributed by atoms with Crippen molar-refractivity contribution in [2.45, 2.75) is 46.3 Å². The van der Waals surface area contributed by atoms with Crippen LogP contribution in [-0.2, 0) is 19.1 Å². The first-order chi connectivity index (χ1) is 10.6. The summed E-state index contributed by atoms with van der Waals surface area (Å²) in [6.45, 7) is 7.34. The quantitative estimate of drug-likeness (QED) is 0.681. The predicted octanol–water partition coefficient (Wildman–Crippen LogP) is 1.29. The van der Waals surface area contributed by atoms with Gasteiger partial charge in [-0.2, -0.15) is 0 Å². The van der Waals surface area contributed by atoms with Crippen LogP contribution in [0.15, 0.2) is 11.6 Å². The minimum absolute atomic E-state index is 0.0272. The van der Waals surface area contributed by atoms with E-state index >= 15 is 0 Å². The van der Waals surface area contributed by atoms with Crippen molar-refractivity contribution >= 4 is 17.5 Å². The Morgan fingerprint density at radius 3 is 2.52 bits per heavy atom. The highest BCUT2D eigenvalue weighted by Gasteiger charge is 2.74. The number of allylic oxidation sites excluding steroid dienone is 2. The first-order valence-corrected chi connectivity index (χ1v) is 8.29. The SMILES string of the molecule is CC1=CC(=O)[C@]2(C)[C@@H]3[C@@H](O)[C@@H]4OC(=O)[C@@H]([C@H]4C)[C@]3(C)C(=O)C[C@H]12. The Bertz CT molecular complexity index is 679. The molecule has 3 fully saturated rings. The standard InChI is InChI=1S/C18H22O5/c1-7-5-10(19)17(3)9(7)6-11(20)18(4)12-8(2)14(23-16(12)22)13(21)15(17)18/h5,8-9,12-15,21H,6H2,1-4H3/t8-,9-,12-,13+,14-,15+,17-,18+/m1/s1. The molecule has 2 bridgehead atoms. The van der Waals surface area contributed by atoms with Gasteiger partial charge in [0.25, 0.3) is 0 Å². The Morgan fingerprint density at radius 2 is 1.87 bits per heavy atom. The smallest absolute Gasteiger partial charge is 0.310 e. The third-order valence-corrected chi connectivity index (χ3v) is 7.32. The second-order valence-electron chi connectivity index (χ2n) is 8.20. The molecule has 0 unspecified atom stereocenters. The molecule has 5 heteroatoms. The van der Waals surface area contributed by atoms with Gasteiger partial charge in [-0.1, -0.05) is 26.3 Å². The molecule has 5 nitrogen and oxygen atoms in total. The molecule has 0 radical (unpaired) electrons. The summed E-state index contributed by atoms with van der Waals surface area (Å²) in [6, 6.07) is 0. The summed E-state index contributed by atoms with van der Waals surface area (Å²) < 4.78 is 5.40. The van der Waals surface area contributed by atoms with Crippen LogP contribution in [-0.4, -0.2) is 34.9 Å². The second kappa shape index (κ2) is 4.12. The minimum Gasteiger partial charge on any atom is -0.459 e. The van der Waals surface area contributed by atoms with Crippen LogP contribution in [0, 0.1) is 34.5 Å². The van der Waals surface area contributed by atoms with Crippen molar-refractivity contribution in [2.75, 3.05) is 0 Å². The number of aliphatic hydroxyl groups is 1. The molecule has 1 heterocycles. The summed E-state index contributed by atoms with van der Waals surface area (Å²) in [5.74, 6) is -2.02. The molecule has 0 aromatic rings. The number of Topliss-reactive ketones (excluding diaryl/α,β-unsaturated/α-hetero) is 1. The zero-order valence-corrected chi connectivity index (χ0v) is 13.8. The molecular formula is C18H22O5. The molecule has 0 spiro atoms. The van der Waals surface area contributed by atoms with Gasteiger partial charge < -0.3 is 9.84 Å². The summed E-state index contributed by atoms with van der Waals surface area (Å²) in [7, 11) is 0. The minimum atomic E-state index is -1.04. The van der Waals surface area contributed by atoms with E-state index in [-0.39, 0.29) is 29.8 Å². The lowest BCUT2D eigenvalue weighted by atomic mass is 9.42. The maximum absolute atomic E-state index is 13.1. The van der Waals surface area contributed by atoms with Gasteiger partial charge in [0.2, 0.25) is 0 Å². The monoisotopic (exact) mass is 318 g/mol. The fourth-order valence-electron chi connectivity index (χ4n) is 6.21. The molecule has 4 rings (SSSR count). The molecule has 2 saturated carbocycles. The van der Waals surface area contributed by atoms with E-state index in [9.17, 15) is 19.5 Å². The first-order valence-electron chi connectivity index (χ1n) is 8.29. The van der Waals surface area contributed by atoms with Gasteiger partial charge in [0, 0.05) is 29.1 Å². The van der Waals surface area contributed by atoms with E-state index in [1.54, 1.807) is 13.0 Å². The maximum Gasteiger partial charge on any atom is 0.310 e. The van der Waals surface area contributed by atoms with Gasteiger partial charge in [0.1, 0.15) is 11.9 Å². The fraction of sp³-hybridized carbons (Fsp3) is 0.722. The zero-order valence-electron chi connectivity index (χ0n) is 13.8. The molecule has 124 valence electrons. The van der Waals surface area contributed by atoms with Crippen molar-refractivity contribution in [1.82, 2.24) is 0 Å². The van der Waals surface area contributed by atoms with Gasteiger partial charge in [-0.05, 0) is 18.9 Å². The molecule has 1 N–H and O–H groups in total. The molecule has 8 atom stereocenters. The average Bonchev–Trinajstić information content (AvgIpc) is 2.83. The average molecular weight is 318 g/mol. The van der Waals surface area contributed by atoms with E-state index in [1.165, 1.54) is 0 Å². The van der Waals surface area contributed by atoms with Crippen molar-refractivity contribution in [1.29, 1.82) is 0 Å². The highest BCUT2D eigenvalue weighted by Crippen LogP contribution is 2.66. The van der Waals surface area contributed by atoms with E-state index < -0.39 is 40.8 Å². The van der Waals surface area contributed by atoms with Gasteiger partial charge in [-0.3, -0.25) is 14.4 Å². The lowest BCUT2D eigenvalue weighted by Crippen LogP contribution is -2.67. The molecule has 0 aromatic carbocycles. The number of fused-ring (bicyclic) bond motifs is 6. The number of ketones is 2. The maximum atomic E-state index is 13.1. The number of carbonyl (C=O) groups excluding carboxylic acids is 3. The zero-order chi connectivity index (χ0) is 16.9. The third kappa shape index (κ3) is 1.41. The van der Waals surface area contributed by atoms with Crippen LogP contribution in [0.2, 0.25) is 0 Å². The number of carbonyl (C=O) groups is 3. The molecular weight excluding hydrogens is 296 g/mol. The van der Waals surface area contributed by atoms with Crippen molar-refractivity contribution in [3.05, 3.63) is 11.6 Å². The van der Waals surface area contributed by atoms with Crippen LogP contribution in [0.3, 0.4) is 0 Å². The molecule has 23 heavy (non-hydrogen) atoms. The number of rotatable bonds is 0. The second-order valence-corrected chi connectivity index (χ2v) is 8.20. The highest BCUT2D eigenvalue weighted by atomic mass is 16.6. The lowest BCUT2D eigenvalue weighted by molar-refractivity contribution is -0.186. The van der Waals surface area contributed by atoms with E-state index in [0.717, 1.165) is 5.57 Å². The Kier molecular flexibility index (Phi) is 2.70. The van der Waals surface area contributed by atoms with Gasteiger partial charge in [0.15, 0.2) is 5.78 Å². The molecule has 1 aliphatic heterocycles. The molecule has 0 aromatic heterocycles. The normalized spacial score (nSPS) is 54.5. The number of esters is 1. The number of hydrogen-bond donors (Lipinski definition) is 1. The third-order valence-electron chi connectivity index (χ3n) is 7.32. The van der Waals surface area contributed by atoms with Gasteiger partial charge in [0.05, 0.1) is 12.0 Å². The van der Waals surface area contributed by atoms with Crippen LogP contribution in [0.5, 0.6) is 0 Å². The summed E-state index contributed by atoms with van der Waals surface area (Å²) in [6.07, 6.45) is 0.255. The van der Waals surface area contributed by atoms with Crippen molar-refractivity contribution < 1.29 is 24.2 Å². The number of aliphatic hydroxyl groups excluding tert-OH is 1. The van der Waals surface area contributed by atoms with Gasteiger partial charge in [-0.15, -0.1) is 0 Å². The Morgan fingerprint density at radius 1 is 1.22 bits per heavy atom. The van der Waals surface area contributed by atoms with Crippen molar-refractivity contribution in [2.24, 2.45) is 34.5 Å². The lowest BCUT2D eigenvalue weighted by Gasteiger charge is -2.58. The topological polar surface area (TPSA) is 80.7 Å². The summed E-state index contributed by atoms with van der Waals surface area (Å²) in [4.78, 5) is 38.2. The van der Waals surface area contributed by atoms with E-state index in [2.05, 4.69) is 0 Å². The Labute approximate surface area is 135 Å². The first kappa shape index (κ1) is 15.1. The van der Waals surface area contributed by atoms with Crippen molar-refractivity contribution in [3.8, 4) is 0 Å². The van der Waals surface area contributed by atoms with Gasteiger partial charge >= 0.3 is 5.97 Å². The molecule has 4 aliphatic rings. The van der Waals surface area contributed by atoms with E-state index in [1.807, 2.05) is 20.8 Å². The Balaban J connectivity index is 1.94.